The number of carbonyl (C=O) groups excluding carboxylic acids is 2. The van der Waals surface area contributed by atoms with Crippen LogP contribution in [0.2, 0.25) is 0 Å². The Labute approximate surface area is 158 Å². The molecule has 0 unspecified atom stereocenters. The van der Waals surface area contributed by atoms with E-state index in [2.05, 4.69) is 10.3 Å². The number of hydrogen-bond donors (Lipinski definition) is 1. The number of hydrogen-bond acceptors (Lipinski definition) is 4. The number of rotatable bonds is 6. The second-order valence-electron chi connectivity index (χ2n) is 6.36. The summed E-state index contributed by atoms with van der Waals surface area (Å²) in [6, 6.07) is 13.4. The lowest BCUT2D eigenvalue weighted by atomic mass is 9.96. The Hall–Kier alpha value is -2.34. The average Bonchev–Trinajstić information content (AvgIpc) is 2.69. The van der Waals surface area contributed by atoms with Crippen LogP contribution in [0, 0.1) is 5.92 Å². The smallest absolute Gasteiger partial charge is 0.232 e. The summed E-state index contributed by atoms with van der Waals surface area (Å²) >= 11 is 1.61. The summed E-state index contributed by atoms with van der Waals surface area (Å²) in [5, 5.41) is 2.96. The van der Waals surface area contributed by atoms with E-state index >= 15 is 0 Å². The maximum absolute atomic E-state index is 12.3. The van der Waals surface area contributed by atoms with E-state index in [4.69, 9.17) is 0 Å². The van der Waals surface area contributed by atoms with Gasteiger partial charge in [0.15, 0.2) is 0 Å². The van der Waals surface area contributed by atoms with Gasteiger partial charge in [0.05, 0.1) is 5.75 Å². The topological polar surface area (TPSA) is 62.3 Å². The van der Waals surface area contributed by atoms with Crippen molar-refractivity contribution in [3.63, 3.8) is 0 Å². The normalized spacial score (nSPS) is 14.8. The molecule has 2 amide bonds. The fourth-order valence-electron chi connectivity index (χ4n) is 2.99. The molecule has 1 saturated heterocycles. The maximum atomic E-state index is 12.3. The Kier molecular flexibility index (Phi) is 6.66. The maximum Gasteiger partial charge on any atom is 0.232 e. The number of amides is 2. The Balaban J connectivity index is 1.38. The Bertz CT molecular complexity index is 716. The first kappa shape index (κ1) is 18.5. The van der Waals surface area contributed by atoms with Crippen LogP contribution in [0.5, 0.6) is 0 Å². The van der Waals surface area contributed by atoms with Gasteiger partial charge in [0.1, 0.15) is 0 Å². The molecule has 2 aromatic rings. The highest BCUT2D eigenvalue weighted by atomic mass is 32.2. The zero-order valence-electron chi connectivity index (χ0n) is 14.6. The first-order valence-corrected chi connectivity index (χ1v) is 9.98. The summed E-state index contributed by atoms with van der Waals surface area (Å²) in [5.74, 6) is 1.43. The molecule has 0 aliphatic carbocycles. The summed E-state index contributed by atoms with van der Waals surface area (Å²) in [6.07, 6.45) is 5.01. The van der Waals surface area contributed by atoms with Crippen LogP contribution < -0.4 is 5.32 Å². The molecule has 136 valence electrons. The van der Waals surface area contributed by atoms with E-state index in [1.54, 1.807) is 18.0 Å². The molecule has 0 spiro atoms. The number of aromatic nitrogens is 1. The largest absolute Gasteiger partial charge is 0.342 e. The van der Waals surface area contributed by atoms with Gasteiger partial charge in [-0.2, -0.15) is 0 Å². The lowest BCUT2D eigenvalue weighted by Gasteiger charge is -2.31. The van der Waals surface area contributed by atoms with Gasteiger partial charge in [0, 0.05) is 42.8 Å². The Morgan fingerprint density at radius 2 is 1.88 bits per heavy atom. The highest BCUT2D eigenvalue weighted by Crippen LogP contribution is 2.21. The van der Waals surface area contributed by atoms with Crippen molar-refractivity contribution >= 4 is 29.3 Å². The van der Waals surface area contributed by atoms with Crippen molar-refractivity contribution < 1.29 is 9.59 Å². The Morgan fingerprint density at radius 1 is 1.12 bits per heavy atom. The van der Waals surface area contributed by atoms with Crippen molar-refractivity contribution in [1.29, 1.82) is 0 Å². The predicted octanol–water partition coefficient (Wildman–Crippen LogP) is 3.19. The van der Waals surface area contributed by atoms with E-state index in [1.807, 2.05) is 53.6 Å². The molecule has 1 N–H and O–H groups in total. The number of nitrogens with one attached hydrogen (secondary N) is 1. The second kappa shape index (κ2) is 9.38. The van der Waals surface area contributed by atoms with E-state index in [1.165, 1.54) is 0 Å². The molecule has 0 bridgehead atoms. The van der Waals surface area contributed by atoms with Gasteiger partial charge in [-0.1, -0.05) is 24.3 Å². The number of piperidine rings is 1. The van der Waals surface area contributed by atoms with Crippen LogP contribution in [-0.4, -0.2) is 40.5 Å². The lowest BCUT2D eigenvalue weighted by molar-refractivity contribution is -0.132. The number of pyridine rings is 1. The number of benzene rings is 1. The van der Waals surface area contributed by atoms with E-state index < -0.39 is 0 Å². The van der Waals surface area contributed by atoms with Gasteiger partial charge in [0.25, 0.3) is 0 Å². The molecule has 2 heterocycles. The fourth-order valence-corrected chi connectivity index (χ4v) is 3.85. The molecule has 1 aliphatic heterocycles. The summed E-state index contributed by atoms with van der Waals surface area (Å²) in [5.41, 5.74) is 1.95. The molecule has 0 radical (unpaired) electrons. The second-order valence-corrected chi connectivity index (χ2v) is 7.35. The van der Waals surface area contributed by atoms with Crippen LogP contribution in [0.25, 0.3) is 0 Å². The zero-order valence-corrected chi connectivity index (χ0v) is 15.5. The van der Waals surface area contributed by atoms with Gasteiger partial charge in [-0.3, -0.25) is 14.6 Å². The van der Waals surface area contributed by atoms with Crippen molar-refractivity contribution in [2.24, 2.45) is 5.92 Å². The quantitative estimate of drug-likeness (QED) is 0.849. The fraction of sp³-hybridized carbons (Fsp3) is 0.350. The molecular weight excluding hydrogens is 346 g/mol. The number of likely N-dealkylation sites (tertiary alicyclic amines) is 1. The number of thioether (sulfide) groups is 1. The first-order valence-electron chi connectivity index (χ1n) is 8.83. The standard InChI is InChI=1S/C20H23N3O2S/c24-19(15-26-14-16-5-4-10-21-13-16)23-11-8-17(9-12-23)20(25)22-18-6-2-1-3-7-18/h1-7,10,13,17H,8-9,11-12,14-15H2,(H,22,25). The molecule has 5 nitrogen and oxygen atoms in total. The van der Waals surface area contributed by atoms with E-state index in [9.17, 15) is 9.59 Å². The van der Waals surface area contributed by atoms with Gasteiger partial charge in [0.2, 0.25) is 11.8 Å². The van der Waals surface area contributed by atoms with Crippen molar-refractivity contribution in [2.75, 3.05) is 24.2 Å². The number of para-hydroxylation sites is 1. The van der Waals surface area contributed by atoms with Crippen LogP contribution in [-0.2, 0) is 15.3 Å². The van der Waals surface area contributed by atoms with Gasteiger partial charge < -0.3 is 10.2 Å². The highest BCUT2D eigenvalue weighted by molar-refractivity contribution is 7.99. The van der Waals surface area contributed by atoms with Crippen molar-refractivity contribution in [3.8, 4) is 0 Å². The van der Waals surface area contributed by atoms with Gasteiger partial charge in [-0.05, 0) is 36.6 Å². The van der Waals surface area contributed by atoms with E-state index in [-0.39, 0.29) is 17.7 Å². The van der Waals surface area contributed by atoms with Gasteiger partial charge in [-0.25, -0.2) is 0 Å². The minimum absolute atomic E-state index is 0.0256. The van der Waals surface area contributed by atoms with Crippen molar-refractivity contribution in [2.45, 2.75) is 18.6 Å². The molecular formula is C20H23N3O2S. The molecule has 26 heavy (non-hydrogen) atoms. The van der Waals surface area contributed by atoms with Gasteiger partial charge in [-0.15, -0.1) is 11.8 Å². The third-order valence-corrected chi connectivity index (χ3v) is 5.47. The lowest BCUT2D eigenvalue weighted by Crippen LogP contribution is -2.42. The molecule has 1 fully saturated rings. The number of nitrogens with zero attached hydrogens (tertiary/aromatic N) is 2. The number of anilines is 1. The third-order valence-electron chi connectivity index (χ3n) is 4.48. The highest BCUT2D eigenvalue weighted by Gasteiger charge is 2.27. The molecule has 1 aromatic carbocycles. The Morgan fingerprint density at radius 3 is 2.58 bits per heavy atom. The SMILES string of the molecule is O=C(Nc1ccccc1)C1CCN(C(=O)CSCc2cccnc2)CC1. The molecule has 0 atom stereocenters. The predicted molar refractivity (Wildman–Crippen MR) is 105 cm³/mol. The van der Waals surface area contributed by atoms with Crippen LogP contribution in [0.3, 0.4) is 0 Å². The average molecular weight is 369 g/mol. The summed E-state index contributed by atoms with van der Waals surface area (Å²) in [6.45, 7) is 1.30. The molecule has 6 heteroatoms. The molecule has 0 saturated carbocycles. The van der Waals surface area contributed by atoms with E-state index in [0.717, 1.165) is 29.8 Å². The minimum atomic E-state index is -0.0256. The minimum Gasteiger partial charge on any atom is -0.342 e. The van der Waals surface area contributed by atoms with E-state index in [0.29, 0.717) is 18.8 Å². The monoisotopic (exact) mass is 369 g/mol. The molecule has 1 aromatic heterocycles. The van der Waals surface area contributed by atoms with Gasteiger partial charge >= 0.3 is 0 Å². The first-order chi connectivity index (χ1) is 12.7. The summed E-state index contributed by atoms with van der Waals surface area (Å²) < 4.78 is 0. The van der Waals surface area contributed by atoms with Crippen LogP contribution >= 0.6 is 11.8 Å². The number of carbonyl (C=O) groups is 2. The molecule has 3 rings (SSSR count). The van der Waals surface area contributed by atoms with Crippen LogP contribution in [0.15, 0.2) is 54.9 Å². The summed E-state index contributed by atoms with van der Waals surface area (Å²) in [7, 11) is 0. The van der Waals surface area contributed by atoms with Crippen LogP contribution in [0.4, 0.5) is 5.69 Å². The zero-order chi connectivity index (χ0) is 18.2. The van der Waals surface area contributed by atoms with Crippen LogP contribution in [0.1, 0.15) is 18.4 Å². The summed E-state index contributed by atoms with van der Waals surface area (Å²) in [4.78, 5) is 30.7. The third kappa shape index (κ3) is 5.33. The van der Waals surface area contributed by atoms with Crippen molar-refractivity contribution in [1.82, 2.24) is 9.88 Å². The van der Waals surface area contributed by atoms with Crippen molar-refractivity contribution in [3.05, 3.63) is 60.4 Å². The molecule has 1 aliphatic rings.